The van der Waals surface area contributed by atoms with Gasteiger partial charge in [0.15, 0.2) is 0 Å². The second-order valence-corrected chi connectivity index (χ2v) is 8.53. The smallest absolute Gasteiger partial charge is 0.411 e. The van der Waals surface area contributed by atoms with E-state index >= 15 is 0 Å². The Morgan fingerprint density at radius 1 is 1.03 bits per heavy atom. The van der Waals surface area contributed by atoms with Crippen LogP contribution in [0.2, 0.25) is 0 Å². The van der Waals surface area contributed by atoms with Crippen LogP contribution < -0.4 is 11.1 Å². The lowest BCUT2D eigenvalue weighted by atomic mass is 9.92. The summed E-state index contributed by atoms with van der Waals surface area (Å²) in [6.45, 7) is 3.77. The van der Waals surface area contributed by atoms with Crippen LogP contribution in [0.1, 0.15) is 37.0 Å². The lowest BCUT2D eigenvalue weighted by Crippen LogP contribution is -2.57. The van der Waals surface area contributed by atoms with Crippen LogP contribution in [0.4, 0.5) is 4.79 Å². The highest BCUT2D eigenvalue weighted by Crippen LogP contribution is 2.25. The van der Waals surface area contributed by atoms with Crippen molar-refractivity contribution in [1.82, 2.24) is 10.2 Å². The topological polar surface area (TPSA) is 128 Å². The fourth-order valence-electron chi connectivity index (χ4n) is 4.10. The van der Waals surface area contributed by atoms with E-state index in [4.69, 9.17) is 15.2 Å². The van der Waals surface area contributed by atoms with Gasteiger partial charge in [-0.05, 0) is 29.5 Å². The van der Waals surface area contributed by atoms with Crippen molar-refractivity contribution >= 4 is 23.9 Å². The minimum absolute atomic E-state index is 0.0621. The molecule has 2 aromatic rings. The van der Waals surface area contributed by atoms with Gasteiger partial charge in [-0.15, -0.1) is 0 Å². The van der Waals surface area contributed by atoms with Gasteiger partial charge >= 0.3 is 12.1 Å². The Hall–Kier alpha value is -3.88. The summed E-state index contributed by atoms with van der Waals surface area (Å²) in [5, 5.41) is 2.65. The standard InChI is InChI=1S/C26H31N3O6/c1-3-34-22(30)13-17(2)23(24(27)31)28-25(32)21-14-19-11-7-8-12-20(19)15-29(21)26(33)35-16-18-9-5-4-6-10-18/h4-12,17,21,23H,3,13-16H2,1-2H3,(H2,27,31)(H,28,32)/t17-,21-,23+/m0/s1. The van der Waals surface area contributed by atoms with E-state index in [9.17, 15) is 19.2 Å². The molecule has 0 aromatic heterocycles. The predicted molar refractivity (Wildman–Crippen MR) is 128 cm³/mol. The van der Waals surface area contributed by atoms with Gasteiger partial charge in [-0.2, -0.15) is 0 Å². The molecule has 0 fully saturated rings. The second kappa shape index (κ2) is 12.0. The molecule has 0 saturated heterocycles. The number of hydrogen-bond acceptors (Lipinski definition) is 6. The summed E-state index contributed by atoms with van der Waals surface area (Å²) in [6.07, 6.45) is -0.475. The van der Waals surface area contributed by atoms with Gasteiger partial charge < -0.3 is 20.5 Å². The molecule has 1 heterocycles. The summed E-state index contributed by atoms with van der Waals surface area (Å²) in [6, 6.07) is 14.7. The molecule has 3 atom stereocenters. The summed E-state index contributed by atoms with van der Waals surface area (Å²) in [4.78, 5) is 51.7. The van der Waals surface area contributed by atoms with Gasteiger partial charge in [0.2, 0.25) is 11.8 Å². The molecule has 0 bridgehead atoms. The zero-order valence-electron chi connectivity index (χ0n) is 19.9. The number of hydrogen-bond donors (Lipinski definition) is 2. The van der Waals surface area contributed by atoms with Crippen LogP contribution in [0.3, 0.4) is 0 Å². The van der Waals surface area contributed by atoms with E-state index < -0.39 is 41.9 Å². The third kappa shape index (κ3) is 6.81. The van der Waals surface area contributed by atoms with Gasteiger partial charge in [0.05, 0.1) is 19.6 Å². The maximum Gasteiger partial charge on any atom is 0.411 e. The first kappa shape index (κ1) is 25.7. The van der Waals surface area contributed by atoms with Crippen molar-refractivity contribution in [3.8, 4) is 0 Å². The minimum Gasteiger partial charge on any atom is -0.466 e. The summed E-state index contributed by atoms with van der Waals surface area (Å²) in [5.41, 5.74) is 8.20. The third-order valence-electron chi connectivity index (χ3n) is 5.96. The van der Waals surface area contributed by atoms with Crippen molar-refractivity contribution < 1.29 is 28.7 Å². The van der Waals surface area contributed by atoms with Gasteiger partial charge in [-0.3, -0.25) is 19.3 Å². The van der Waals surface area contributed by atoms with Crippen LogP contribution in [0.5, 0.6) is 0 Å². The molecule has 186 valence electrons. The molecule has 3 amide bonds. The lowest BCUT2D eigenvalue weighted by molar-refractivity contribution is -0.145. The van der Waals surface area contributed by atoms with Crippen LogP contribution in [0, 0.1) is 5.92 Å². The van der Waals surface area contributed by atoms with Crippen molar-refractivity contribution in [2.24, 2.45) is 11.7 Å². The number of nitrogens with zero attached hydrogens (tertiary/aromatic N) is 1. The van der Waals surface area contributed by atoms with Crippen molar-refractivity contribution in [1.29, 1.82) is 0 Å². The van der Waals surface area contributed by atoms with E-state index in [1.807, 2.05) is 54.6 Å². The fraction of sp³-hybridized carbons (Fsp3) is 0.385. The Labute approximate surface area is 204 Å². The number of nitrogens with two attached hydrogens (primary N) is 1. The van der Waals surface area contributed by atoms with E-state index in [0.717, 1.165) is 16.7 Å². The summed E-state index contributed by atoms with van der Waals surface area (Å²) >= 11 is 0. The number of esters is 1. The van der Waals surface area contributed by atoms with Crippen LogP contribution >= 0.6 is 0 Å². The first-order valence-corrected chi connectivity index (χ1v) is 11.6. The Bertz CT molecular complexity index is 1060. The first-order valence-electron chi connectivity index (χ1n) is 11.6. The molecule has 0 spiro atoms. The number of carbonyl (C=O) groups excluding carboxylic acids is 4. The quantitative estimate of drug-likeness (QED) is 0.529. The summed E-state index contributed by atoms with van der Waals surface area (Å²) in [5.74, 6) is -2.40. The average Bonchev–Trinajstić information content (AvgIpc) is 2.85. The SMILES string of the molecule is CCOC(=O)C[C@H](C)[C@@H](NC(=O)[C@@H]1Cc2ccccc2CN1C(=O)OCc1ccccc1)C(N)=O. The van der Waals surface area contributed by atoms with Gasteiger partial charge in [0.1, 0.15) is 18.7 Å². The number of rotatable bonds is 9. The molecule has 1 aliphatic rings. The van der Waals surface area contributed by atoms with E-state index in [2.05, 4.69) is 5.32 Å². The fourth-order valence-corrected chi connectivity index (χ4v) is 4.10. The van der Waals surface area contributed by atoms with Gasteiger partial charge in [0.25, 0.3) is 0 Å². The zero-order valence-corrected chi connectivity index (χ0v) is 19.9. The van der Waals surface area contributed by atoms with Crippen molar-refractivity contribution in [2.45, 2.75) is 51.9 Å². The van der Waals surface area contributed by atoms with E-state index in [0.29, 0.717) is 0 Å². The maximum atomic E-state index is 13.3. The van der Waals surface area contributed by atoms with Crippen molar-refractivity contribution in [3.63, 3.8) is 0 Å². The molecule has 0 aliphatic carbocycles. The molecule has 1 aliphatic heterocycles. The highest BCUT2D eigenvalue weighted by Gasteiger charge is 2.38. The second-order valence-electron chi connectivity index (χ2n) is 8.53. The monoisotopic (exact) mass is 481 g/mol. The Balaban J connectivity index is 1.77. The zero-order chi connectivity index (χ0) is 25.4. The third-order valence-corrected chi connectivity index (χ3v) is 5.96. The molecule has 0 saturated carbocycles. The molecule has 0 unspecified atom stereocenters. The summed E-state index contributed by atoms with van der Waals surface area (Å²) < 4.78 is 10.4. The number of fused-ring (bicyclic) bond motifs is 1. The molecule has 9 nitrogen and oxygen atoms in total. The highest BCUT2D eigenvalue weighted by molar-refractivity contribution is 5.91. The Morgan fingerprint density at radius 2 is 1.69 bits per heavy atom. The molecule has 3 rings (SSSR count). The molecular weight excluding hydrogens is 450 g/mol. The van der Waals surface area contributed by atoms with Crippen molar-refractivity contribution in [2.75, 3.05) is 6.61 Å². The predicted octanol–water partition coefficient (Wildman–Crippen LogP) is 2.31. The van der Waals surface area contributed by atoms with Crippen LogP contribution in [-0.2, 0) is 43.4 Å². The number of nitrogens with one attached hydrogen (secondary N) is 1. The molecule has 35 heavy (non-hydrogen) atoms. The minimum atomic E-state index is -1.11. The van der Waals surface area contributed by atoms with Gasteiger partial charge in [-0.25, -0.2) is 4.79 Å². The van der Waals surface area contributed by atoms with Crippen molar-refractivity contribution in [3.05, 3.63) is 71.3 Å². The van der Waals surface area contributed by atoms with Crippen LogP contribution in [0.15, 0.2) is 54.6 Å². The Kier molecular flexibility index (Phi) is 8.83. The number of amides is 3. The van der Waals surface area contributed by atoms with E-state index in [1.54, 1.807) is 13.8 Å². The van der Waals surface area contributed by atoms with Crippen LogP contribution in [0.25, 0.3) is 0 Å². The number of ether oxygens (including phenoxy) is 2. The van der Waals surface area contributed by atoms with Crippen LogP contribution in [-0.4, -0.2) is 47.5 Å². The molecule has 2 aromatic carbocycles. The molecule has 3 N–H and O–H groups in total. The number of carbonyl (C=O) groups is 4. The number of primary amides is 1. The average molecular weight is 482 g/mol. The largest absolute Gasteiger partial charge is 0.466 e. The highest BCUT2D eigenvalue weighted by atomic mass is 16.6. The number of benzene rings is 2. The Morgan fingerprint density at radius 3 is 2.34 bits per heavy atom. The molecule has 0 radical (unpaired) electrons. The normalized spacial score (nSPS) is 16.4. The van der Waals surface area contributed by atoms with E-state index in [1.165, 1.54) is 4.90 Å². The molecule has 9 heteroatoms. The lowest BCUT2D eigenvalue weighted by Gasteiger charge is -2.36. The first-order chi connectivity index (χ1) is 16.8. The maximum absolute atomic E-state index is 13.3. The van der Waals surface area contributed by atoms with E-state index in [-0.39, 0.29) is 32.6 Å². The van der Waals surface area contributed by atoms with Gasteiger partial charge in [0, 0.05) is 6.42 Å². The van der Waals surface area contributed by atoms with Gasteiger partial charge in [-0.1, -0.05) is 61.5 Å². The molecular formula is C26H31N3O6. The summed E-state index contributed by atoms with van der Waals surface area (Å²) in [7, 11) is 0.